The van der Waals surface area contributed by atoms with Gasteiger partial charge in [-0.3, -0.25) is 4.90 Å². The van der Waals surface area contributed by atoms with Crippen molar-refractivity contribution in [3.05, 3.63) is 48.5 Å². The summed E-state index contributed by atoms with van der Waals surface area (Å²) in [4.78, 5) is 14.9. The van der Waals surface area contributed by atoms with Crippen molar-refractivity contribution >= 4 is 35.5 Å². The number of amides is 2. The number of primary amides is 1. The van der Waals surface area contributed by atoms with Crippen LogP contribution in [0.2, 0.25) is 0 Å². The van der Waals surface area contributed by atoms with Gasteiger partial charge in [0.15, 0.2) is 0 Å². The molecule has 1 heterocycles. The molecule has 0 saturated carbocycles. The van der Waals surface area contributed by atoms with Crippen LogP contribution in [-0.2, 0) is 0 Å². The van der Waals surface area contributed by atoms with Crippen LogP contribution in [0.25, 0.3) is 0 Å². The lowest BCUT2D eigenvalue weighted by Crippen LogP contribution is -2.27. The number of carbonyl (C=O) groups is 1. The number of anilines is 2. The lowest BCUT2D eigenvalue weighted by molar-refractivity contribution is 0.249. The first-order valence-electron chi connectivity index (χ1n) is 5.99. The molecular formula is C14H12N4OS. The molecule has 0 radical (unpaired) electrons. The maximum Gasteiger partial charge on any atom is 0.332 e. The molecule has 1 aliphatic heterocycles. The van der Waals surface area contributed by atoms with Crippen molar-refractivity contribution in [3.63, 3.8) is 0 Å². The van der Waals surface area contributed by atoms with E-state index in [1.807, 2.05) is 41.3 Å². The molecule has 0 aliphatic carbocycles. The number of urea groups is 1. The third-order valence-electron chi connectivity index (χ3n) is 2.82. The Morgan fingerprint density at radius 2 is 1.65 bits per heavy atom. The Hall–Kier alpha value is -2.47. The monoisotopic (exact) mass is 284 g/mol. The van der Waals surface area contributed by atoms with Gasteiger partial charge in [0.25, 0.3) is 0 Å². The molecule has 0 spiro atoms. The molecule has 100 valence electrons. The smallest absolute Gasteiger partial charge is 0.332 e. The number of carbonyl (C=O) groups excluding carboxylic acids is 1. The van der Waals surface area contributed by atoms with Crippen LogP contribution in [-0.4, -0.2) is 12.4 Å². The van der Waals surface area contributed by atoms with Gasteiger partial charge in [-0.25, -0.2) is 10.2 Å². The fourth-order valence-corrected chi connectivity index (χ4v) is 3.08. The summed E-state index contributed by atoms with van der Waals surface area (Å²) in [7, 11) is 0. The maximum absolute atomic E-state index is 10.7. The van der Waals surface area contributed by atoms with Crippen LogP contribution < -0.4 is 16.1 Å². The molecule has 0 fully saturated rings. The zero-order valence-electron chi connectivity index (χ0n) is 10.5. The molecule has 2 amide bonds. The second-order valence-corrected chi connectivity index (χ2v) is 5.21. The molecule has 2 aromatic carbocycles. The van der Waals surface area contributed by atoms with Crippen molar-refractivity contribution in [3.8, 4) is 0 Å². The minimum atomic E-state index is -0.686. The molecular weight excluding hydrogens is 272 g/mol. The molecule has 6 heteroatoms. The number of para-hydroxylation sites is 2. The van der Waals surface area contributed by atoms with E-state index in [2.05, 4.69) is 22.7 Å². The number of fused-ring (bicyclic) bond motifs is 2. The Morgan fingerprint density at radius 3 is 2.20 bits per heavy atom. The van der Waals surface area contributed by atoms with E-state index in [1.165, 1.54) is 0 Å². The highest BCUT2D eigenvalue weighted by Gasteiger charge is 2.21. The Morgan fingerprint density at radius 1 is 1.10 bits per heavy atom. The van der Waals surface area contributed by atoms with E-state index in [0.29, 0.717) is 0 Å². The van der Waals surface area contributed by atoms with Crippen molar-refractivity contribution in [2.75, 3.05) is 4.90 Å². The number of nitrogens with two attached hydrogens (primary N) is 1. The summed E-state index contributed by atoms with van der Waals surface area (Å²) in [5, 5.41) is 3.86. The second kappa shape index (κ2) is 5.26. The number of hydrogen-bond donors (Lipinski definition) is 2. The predicted octanol–water partition coefficient (Wildman–Crippen LogP) is 2.90. The summed E-state index contributed by atoms with van der Waals surface area (Å²) in [5.41, 5.74) is 9.26. The molecule has 0 saturated heterocycles. The van der Waals surface area contributed by atoms with Gasteiger partial charge in [0.1, 0.15) is 6.34 Å². The van der Waals surface area contributed by atoms with E-state index in [1.54, 1.807) is 18.1 Å². The largest absolute Gasteiger partial charge is 0.350 e. The maximum atomic E-state index is 10.7. The van der Waals surface area contributed by atoms with E-state index >= 15 is 0 Å². The van der Waals surface area contributed by atoms with Crippen LogP contribution in [0.1, 0.15) is 0 Å². The first-order valence-corrected chi connectivity index (χ1v) is 6.81. The molecule has 2 aromatic rings. The summed E-state index contributed by atoms with van der Waals surface area (Å²) in [6.07, 6.45) is 1.56. The Labute approximate surface area is 120 Å². The van der Waals surface area contributed by atoms with Crippen LogP contribution >= 0.6 is 11.8 Å². The van der Waals surface area contributed by atoms with E-state index in [9.17, 15) is 4.79 Å². The van der Waals surface area contributed by atoms with Gasteiger partial charge in [0.05, 0.1) is 11.4 Å². The predicted molar refractivity (Wildman–Crippen MR) is 80.4 cm³/mol. The first kappa shape index (κ1) is 12.6. The number of nitrogens with zero attached hydrogens (tertiary/aromatic N) is 2. The minimum Gasteiger partial charge on any atom is -0.350 e. The van der Waals surface area contributed by atoms with E-state index < -0.39 is 6.03 Å². The second-order valence-electron chi connectivity index (χ2n) is 4.13. The van der Waals surface area contributed by atoms with Crippen LogP contribution in [0, 0.1) is 0 Å². The van der Waals surface area contributed by atoms with Gasteiger partial charge in [0.2, 0.25) is 0 Å². The Bertz CT molecular complexity index is 641. The SMILES string of the molecule is NC(=O)N/N=C\N1c2ccccc2Sc2ccccc21. The molecule has 3 N–H and O–H groups in total. The van der Waals surface area contributed by atoms with Crippen molar-refractivity contribution in [2.24, 2.45) is 10.8 Å². The highest BCUT2D eigenvalue weighted by molar-refractivity contribution is 7.99. The van der Waals surface area contributed by atoms with E-state index in [4.69, 9.17) is 5.73 Å². The van der Waals surface area contributed by atoms with E-state index in [-0.39, 0.29) is 0 Å². The van der Waals surface area contributed by atoms with Crippen LogP contribution in [0.3, 0.4) is 0 Å². The fourth-order valence-electron chi connectivity index (χ4n) is 2.01. The number of nitrogens with one attached hydrogen (secondary N) is 1. The molecule has 0 bridgehead atoms. The normalized spacial score (nSPS) is 12.9. The fraction of sp³-hybridized carbons (Fsp3) is 0. The number of hydrazone groups is 1. The van der Waals surface area contributed by atoms with Gasteiger partial charge in [-0.15, -0.1) is 0 Å². The molecule has 0 unspecified atom stereocenters. The molecule has 3 rings (SSSR count). The van der Waals surface area contributed by atoms with Crippen molar-refractivity contribution in [2.45, 2.75) is 9.79 Å². The van der Waals surface area contributed by atoms with Gasteiger partial charge >= 0.3 is 6.03 Å². The molecule has 1 aliphatic rings. The standard InChI is InChI=1S/C14H12N4OS/c15-14(19)17-16-9-18-10-5-1-3-7-12(10)20-13-8-4-2-6-11(13)18/h1-9H,(H3,15,17,19)/b16-9-. The summed E-state index contributed by atoms with van der Waals surface area (Å²) in [6.45, 7) is 0. The third-order valence-corrected chi connectivity index (χ3v) is 3.95. The third kappa shape index (κ3) is 2.33. The zero-order valence-corrected chi connectivity index (χ0v) is 11.3. The molecule has 0 aromatic heterocycles. The Kier molecular flexibility index (Phi) is 3.30. The highest BCUT2D eigenvalue weighted by Crippen LogP contribution is 2.47. The topological polar surface area (TPSA) is 70.7 Å². The average molecular weight is 284 g/mol. The zero-order chi connectivity index (χ0) is 13.9. The van der Waals surface area contributed by atoms with Crippen LogP contribution in [0.5, 0.6) is 0 Å². The molecule has 5 nitrogen and oxygen atoms in total. The average Bonchev–Trinajstić information content (AvgIpc) is 2.46. The van der Waals surface area contributed by atoms with Crippen molar-refractivity contribution < 1.29 is 4.79 Å². The quantitative estimate of drug-likeness (QED) is 0.506. The lowest BCUT2D eigenvalue weighted by atomic mass is 10.2. The van der Waals surface area contributed by atoms with Gasteiger partial charge in [-0.1, -0.05) is 36.0 Å². The number of rotatable bonds is 2. The lowest BCUT2D eigenvalue weighted by Gasteiger charge is -2.28. The summed E-state index contributed by atoms with van der Waals surface area (Å²) in [5.74, 6) is 0. The summed E-state index contributed by atoms with van der Waals surface area (Å²) < 4.78 is 0. The van der Waals surface area contributed by atoms with Gasteiger partial charge < -0.3 is 5.73 Å². The minimum absolute atomic E-state index is 0.686. The summed E-state index contributed by atoms with van der Waals surface area (Å²) >= 11 is 1.71. The van der Waals surface area contributed by atoms with Crippen LogP contribution in [0.4, 0.5) is 16.2 Å². The first-order chi connectivity index (χ1) is 9.75. The molecule has 0 atom stereocenters. The van der Waals surface area contributed by atoms with Gasteiger partial charge in [-0.2, -0.15) is 5.10 Å². The van der Waals surface area contributed by atoms with Gasteiger partial charge in [-0.05, 0) is 24.3 Å². The van der Waals surface area contributed by atoms with Crippen molar-refractivity contribution in [1.29, 1.82) is 0 Å². The van der Waals surface area contributed by atoms with Gasteiger partial charge in [0, 0.05) is 9.79 Å². The number of hydrogen-bond acceptors (Lipinski definition) is 3. The van der Waals surface area contributed by atoms with Crippen molar-refractivity contribution in [1.82, 2.24) is 5.43 Å². The molecule has 20 heavy (non-hydrogen) atoms. The summed E-state index contributed by atoms with van der Waals surface area (Å²) in [6, 6.07) is 15.4. The highest BCUT2D eigenvalue weighted by atomic mass is 32.2. The number of benzene rings is 2. The Balaban J connectivity index is 2.03. The van der Waals surface area contributed by atoms with E-state index in [0.717, 1.165) is 21.2 Å². The van der Waals surface area contributed by atoms with Crippen LogP contribution in [0.15, 0.2) is 63.4 Å².